The lowest BCUT2D eigenvalue weighted by molar-refractivity contribution is -0.141. The molecule has 200 valence electrons. The van der Waals surface area contributed by atoms with Gasteiger partial charge < -0.3 is 19.5 Å². The Hall–Kier alpha value is -2.82. The molecule has 3 aliphatic rings. The van der Waals surface area contributed by atoms with Crippen molar-refractivity contribution in [3.8, 4) is 16.9 Å². The molecule has 1 N–H and O–H groups in total. The van der Waals surface area contributed by atoms with Crippen LogP contribution in [0, 0.1) is 17.8 Å². The number of hydrogen-bond donors (Lipinski definition) is 1. The normalized spacial score (nSPS) is 22.3. The Labute approximate surface area is 227 Å². The predicted molar refractivity (Wildman–Crippen MR) is 154 cm³/mol. The molecule has 2 atom stereocenters. The molecule has 2 fully saturated rings. The smallest absolute Gasteiger partial charge is 0.159 e. The largest absolute Gasteiger partial charge is 0.507 e. The number of aromatic hydroxyl groups is 1. The summed E-state index contributed by atoms with van der Waals surface area (Å²) in [4.78, 5) is 2.51. The van der Waals surface area contributed by atoms with Crippen molar-refractivity contribution in [3.05, 3.63) is 83.4 Å². The average Bonchev–Trinajstić information content (AvgIpc) is 2.93. The summed E-state index contributed by atoms with van der Waals surface area (Å²) in [7, 11) is 3.48. The molecule has 4 nitrogen and oxygen atoms in total. The van der Waals surface area contributed by atoms with Crippen LogP contribution in [0.15, 0.2) is 66.7 Å². The molecule has 3 aromatic carbocycles. The number of fused-ring (bicyclic) bond motifs is 1. The minimum absolute atomic E-state index is 0.0966. The van der Waals surface area contributed by atoms with Crippen LogP contribution in [0.5, 0.6) is 5.75 Å². The zero-order chi connectivity index (χ0) is 26.1. The van der Waals surface area contributed by atoms with Crippen molar-refractivity contribution in [3.63, 3.8) is 0 Å². The number of methoxy groups -OCH3 is 2. The number of aryl methyl sites for hydroxylation is 1. The van der Waals surface area contributed by atoms with E-state index in [1.165, 1.54) is 48.1 Å². The van der Waals surface area contributed by atoms with E-state index in [1.54, 1.807) is 20.3 Å². The van der Waals surface area contributed by atoms with E-state index < -0.39 is 0 Å². The van der Waals surface area contributed by atoms with Crippen molar-refractivity contribution < 1.29 is 14.6 Å². The highest BCUT2D eigenvalue weighted by molar-refractivity contribution is 5.71. The molecule has 4 heteroatoms. The second-order valence-electron chi connectivity index (χ2n) is 11.6. The summed E-state index contributed by atoms with van der Waals surface area (Å²) < 4.78 is 11.0. The number of ether oxygens (including phenoxy) is 2. The highest BCUT2D eigenvalue weighted by atomic mass is 16.7. The minimum atomic E-state index is -0.0966. The van der Waals surface area contributed by atoms with E-state index in [9.17, 15) is 5.11 Å². The van der Waals surface area contributed by atoms with E-state index in [-0.39, 0.29) is 6.29 Å². The molecule has 1 saturated heterocycles. The monoisotopic (exact) mass is 511 g/mol. The number of phenolic OH excluding ortho intramolecular Hbond substituents is 1. The van der Waals surface area contributed by atoms with Crippen molar-refractivity contribution in [1.29, 1.82) is 0 Å². The van der Waals surface area contributed by atoms with Gasteiger partial charge in [-0.25, -0.2) is 0 Å². The first kappa shape index (κ1) is 25.5. The minimum Gasteiger partial charge on any atom is -0.507 e. The van der Waals surface area contributed by atoms with Crippen molar-refractivity contribution in [1.82, 2.24) is 0 Å². The van der Waals surface area contributed by atoms with Gasteiger partial charge in [-0.1, -0.05) is 67.8 Å². The predicted octanol–water partition coefficient (Wildman–Crippen LogP) is 7.39. The van der Waals surface area contributed by atoms with E-state index in [0.29, 0.717) is 23.5 Å². The summed E-state index contributed by atoms with van der Waals surface area (Å²) >= 11 is 0. The lowest BCUT2D eigenvalue weighted by atomic mass is 9.62. The van der Waals surface area contributed by atoms with Gasteiger partial charge in [0.2, 0.25) is 0 Å². The topological polar surface area (TPSA) is 41.9 Å². The van der Waals surface area contributed by atoms with Crippen LogP contribution in [0.2, 0.25) is 0 Å². The molecule has 0 amide bonds. The van der Waals surface area contributed by atoms with E-state index in [0.717, 1.165) is 49.4 Å². The first-order valence-corrected chi connectivity index (χ1v) is 14.5. The molecular weight excluding hydrogens is 470 g/mol. The quantitative estimate of drug-likeness (QED) is 0.336. The summed E-state index contributed by atoms with van der Waals surface area (Å²) in [5.41, 5.74) is 7.75. The number of benzene rings is 3. The molecule has 38 heavy (non-hydrogen) atoms. The highest BCUT2D eigenvalue weighted by Gasteiger charge is 2.38. The number of rotatable bonds is 7. The van der Waals surface area contributed by atoms with Gasteiger partial charge in [0.25, 0.3) is 0 Å². The maximum atomic E-state index is 10.4. The standard InChI is InChI=1S/C34H41NO3/c1-37-34(38-2)25-18-20-35(21-19-25)28-14-10-24(11-15-28)33-30(23-6-5-7-23)16-13-27-22-26(12-17-31(27)33)29-8-3-4-9-32(29)36/h3-4,8-12,14-15,17,22-23,25,30,33-34,36H,5-7,13,16,18-21H2,1-2H3/t30-,33+/m0/s1. The zero-order valence-corrected chi connectivity index (χ0v) is 22.8. The Morgan fingerprint density at radius 2 is 1.58 bits per heavy atom. The number of hydrogen-bond acceptors (Lipinski definition) is 4. The first-order chi connectivity index (χ1) is 18.7. The second kappa shape index (κ2) is 11.1. The third-order valence-electron chi connectivity index (χ3n) is 9.63. The first-order valence-electron chi connectivity index (χ1n) is 14.5. The molecule has 0 spiro atoms. The third kappa shape index (κ3) is 4.85. The van der Waals surface area contributed by atoms with Crippen LogP contribution in [0.4, 0.5) is 5.69 Å². The van der Waals surface area contributed by atoms with Gasteiger partial charge in [-0.2, -0.15) is 0 Å². The summed E-state index contributed by atoms with van der Waals surface area (Å²) in [6.07, 6.45) is 8.61. The third-order valence-corrected chi connectivity index (χ3v) is 9.63. The number of para-hydroxylation sites is 1. The van der Waals surface area contributed by atoms with Gasteiger partial charge >= 0.3 is 0 Å². The molecular formula is C34H41NO3. The highest BCUT2D eigenvalue weighted by Crippen LogP contribution is 2.50. The second-order valence-corrected chi connectivity index (χ2v) is 11.6. The Bertz CT molecular complexity index is 1220. The summed E-state index contributed by atoms with van der Waals surface area (Å²) in [6, 6.07) is 24.1. The molecule has 3 aromatic rings. The molecule has 0 aromatic heterocycles. The van der Waals surface area contributed by atoms with Crippen LogP contribution in [-0.4, -0.2) is 38.7 Å². The SMILES string of the molecule is COC(OC)C1CCN(c2ccc([C@H]3c4ccc(-c5ccccc5O)cc4CC[C@H]3C3CCC3)cc2)CC1. The zero-order valence-electron chi connectivity index (χ0n) is 22.8. The number of anilines is 1. The van der Waals surface area contributed by atoms with Crippen molar-refractivity contribution in [2.75, 3.05) is 32.2 Å². The van der Waals surface area contributed by atoms with Crippen LogP contribution in [-0.2, 0) is 15.9 Å². The van der Waals surface area contributed by atoms with Crippen molar-refractivity contribution in [2.24, 2.45) is 17.8 Å². The van der Waals surface area contributed by atoms with Crippen LogP contribution in [0.1, 0.15) is 61.1 Å². The molecule has 1 heterocycles. The van der Waals surface area contributed by atoms with Gasteiger partial charge in [0.1, 0.15) is 5.75 Å². The van der Waals surface area contributed by atoms with Crippen molar-refractivity contribution >= 4 is 5.69 Å². The molecule has 1 aliphatic heterocycles. The Balaban J connectivity index is 1.25. The summed E-state index contributed by atoms with van der Waals surface area (Å²) in [5, 5.41) is 10.4. The molecule has 6 rings (SSSR count). The average molecular weight is 512 g/mol. The fourth-order valence-corrected chi connectivity index (χ4v) is 7.34. The van der Waals surface area contributed by atoms with E-state index in [2.05, 4.69) is 47.4 Å². The lowest BCUT2D eigenvalue weighted by Crippen LogP contribution is -2.39. The van der Waals surface area contributed by atoms with Crippen LogP contribution in [0.25, 0.3) is 11.1 Å². The van der Waals surface area contributed by atoms with Crippen LogP contribution >= 0.6 is 0 Å². The van der Waals surface area contributed by atoms with E-state index in [4.69, 9.17) is 9.47 Å². The number of phenols is 1. The van der Waals surface area contributed by atoms with Gasteiger partial charge in [0.15, 0.2) is 6.29 Å². The van der Waals surface area contributed by atoms with Crippen LogP contribution < -0.4 is 4.90 Å². The molecule has 0 radical (unpaired) electrons. The van der Waals surface area contributed by atoms with Crippen molar-refractivity contribution in [2.45, 2.75) is 57.2 Å². The van der Waals surface area contributed by atoms with Gasteiger partial charge in [0.05, 0.1) is 0 Å². The molecule has 0 unspecified atom stereocenters. The fourth-order valence-electron chi connectivity index (χ4n) is 7.34. The summed E-state index contributed by atoms with van der Waals surface area (Å²) in [6.45, 7) is 2.08. The van der Waals surface area contributed by atoms with Gasteiger partial charge in [-0.15, -0.1) is 0 Å². The maximum Gasteiger partial charge on any atom is 0.159 e. The molecule has 0 bridgehead atoms. The van der Waals surface area contributed by atoms with Gasteiger partial charge in [0, 0.05) is 50.4 Å². The summed E-state index contributed by atoms with van der Waals surface area (Å²) in [5.74, 6) is 2.83. The van der Waals surface area contributed by atoms with E-state index in [1.807, 2.05) is 18.2 Å². The fraction of sp³-hybridized carbons (Fsp3) is 0.471. The number of nitrogens with zero attached hydrogens (tertiary/aromatic N) is 1. The van der Waals surface area contributed by atoms with Gasteiger partial charge in [-0.05, 0) is 78.0 Å². The lowest BCUT2D eigenvalue weighted by Gasteiger charge is -2.43. The van der Waals surface area contributed by atoms with Crippen LogP contribution in [0.3, 0.4) is 0 Å². The Morgan fingerprint density at radius 3 is 2.24 bits per heavy atom. The maximum absolute atomic E-state index is 10.4. The molecule has 2 aliphatic carbocycles. The van der Waals surface area contributed by atoms with E-state index >= 15 is 0 Å². The number of piperidine rings is 1. The van der Waals surface area contributed by atoms with Gasteiger partial charge in [-0.3, -0.25) is 0 Å². The Morgan fingerprint density at radius 1 is 0.842 bits per heavy atom. The Kier molecular flexibility index (Phi) is 7.45. The molecule has 1 saturated carbocycles.